The molecule has 5 rings (SSSR count). The van der Waals surface area contributed by atoms with E-state index in [1.165, 1.54) is 0 Å². The number of hydrogen-bond donors (Lipinski definition) is 0. The van der Waals surface area contributed by atoms with Crippen molar-refractivity contribution in [2.75, 3.05) is 0 Å². The smallest absolute Gasteiger partial charge is 0.195 e. The SMILES string of the molecule is FC(F)(F)C(F)(F)C1(C(F)(F)C(F)(F)F)C=CC(C(F)(F)C(F)(F)F)(C(F)(F)C(F)(F)F)c2cc3c(cc21)C=CC3CCC1C=Cc2ccccc21. The Balaban J connectivity index is 1.89. The number of benzene rings is 2. The van der Waals surface area contributed by atoms with Gasteiger partial charge in [0.15, 0.2) is 10.8 Å². The molecule has 0 fully saturated rings. The first-order chi connectivity index (χ1) is 23.4. The molecular formula is C32H18F20. The number of hydrogen-bond acceptors (Lipinski definition) is 0. The summed E-state index contributed by atoms with van der Waals surface area (Å²) >= 11 is 0. The van der Waals surface area contributed by atoms with Gasteiger partial charge in [0, 0.05) is 11.8 Å². The van der Waals surface area contributed by atoms with Gasteiger partial charge in [-0.3, -0.25) is 0 Å². The number of fused-ring (bicyclic) bond motifs is 3. The minimum atomic E-state index is -7.61. The molecule has 20 heteroatoms. The van der Waals surface area contributed by atoms with Crippen LogP contribution >= 0.6 is 0 Å². The molecule has 0 N–H and O–H groups in total. The Labute approximate surface area is 278 Å². The average molecular weight is 782 g/mol. The van der Waals surface area contributed by atoms with E-state index in [1.54, 1.807) is 36.4 Å². The number of rotatable bonds is 7. The zero-order valence-electron chi connectivity index (χ0n) is 25.1. The summed E-state index contributed by atoms with van der Waals surface area (Å²) in [7, 11) is 0. The fraction of sp³-hybridized carbons (Fsp3) is 0.438. The van der Waals surface area contributed by atoms with E-state index in [-0.39, 0.29) is 12.8 Å². The molecule has 0 radical (unpaired) electrons. The highest BCUT2D eigenvalue weighted by Crippen LogP contribution is 2.70. The molecule has 0 aromatic heterocycles. The molecule has 52 heavy (non-hydrogen) atoms. The van der Waals surface area contributed by atoms with Gasteiger partial charge < -0.3 is 0 Å². The molecule has 2 unspecified atom stereocenters. The third kappa shape index (κ3) is 5.03. The zero-order chi connectivity index (χ0) is 39.5. The fourth-order valence-electron chi connectivity index (χ4n) is 7.07. The zero-order valence-corrected chi connectivity index (χ0v) is 25.1. The Hall–Kier alpha value is -3.74. The molecule has 0 aliphatic heterocycles. The lowest BCUT2D eigenvalue weighted by Gasteiger charge is -2.53. The van der Waals surface area contributed by atoms with E-state index < -0.39 is 118 Å². The molecule has 2 aromatic carbocycles. The number of alkyl halides is 20. The topological polar surface area (TPSA) is 0 Å². The fourth-order valence-corrected chi connectivity index (χ4v) is 7.07. The average Bonchev–Trinajstić information content (AvgIpc) is 3.59. The summed E-state index contributed by atoms with van der Waals surface area (Å²) < 4.78 is 290. The highest BCUT2D eigenvalue weighted by atomic mass is 19.4. The van der Waals surface area contributed by atoms with Crippen LogP contribution in [-0.4, -0.2) is 48.4 Å². The monoisotopic (exact) mass is 782 g/mol. The van der Waals surface area contributed by atoms with Crippen LogP contribution in [0.4, 0.5) is 87.8 Å². The highest BCUT2D eigenvalue weighted by Gasteiger charge is 2.90. The van der Waals surface area contributed by atoms with Crippen molar-refractivity contribution in [2.45, 2.75) is 83.9 Å². The van der Waals surface area contributed by atoms with Gasteiger partial charge in [0.25, 0.3) is 0 Å². The van der Waals surface area contributed by atoms with Crippen LogP contribution in [0.3, 0.4) is 0 Å². The van der Waals surface area contributed by atoms with Crippen LogP contribution in [0.5, 0.6) is 0 Å². The quantitative estimate of drug-likeness (QED) is 0.194. The van der Waals surface area contributed by atoms with Crippen molar-refractivity contribution in [2.24, 2.45) is 0 Å². The predicted octanol–water partition coefficient (Wildman–Crippen LogP) is 12.2. The van der Waals surface area contributed by atoms with E-state index in [4.69, 9.17) is 0 Å². The van der Waals surface area contributed by atoms with Gasteiger partial charge in [-0.05, 0) is 52.3 Å². The van der Waals surface area contributed by atoms with Crippen molar-refractivity contribution in [1.29, 1.82) is 0 Å². The summed E-state index contributed by atoms with van der Waals surface area (Å²) in [6, 6.07) is 5.33. The molecule has 0 heterocycles. The Bertz CT molecular complexity index is 1760. The first kappa shape index (κ1) is 39.5. The van der Waals surface area contributed by atoms with Crippen molar-refractivity contribution in [3.05, 3.63) is 94.1 Å². The van der Waals surface area contributed by atoms with E-state index in [9.17, 15) is 52.7 Å². The Morgan fingerprint density at radius 3 is 1.17 bits per heavy atom. The molecule has 2 aromatic rings. The van der Waals surface area contributed by atoms with Gasteiger partial charge in [0.05, 0.1) is 0 Å². The maximum absolute atomic E-state index is 15.4. The minimum Gasteiger partial charge on any atom is -0.195 e. The lowest BCUT2D eigenvalue weighted by atomic mass is 9.55. The van der Waals surface area contributed by atoms with Crippen LogP contribution in [-0.2, 0) is 10.8 Å². The maximum atomic E-state index is 15.4. The Morgan fingerprint density at radius 1 is 0.423 bits per heavy atom. The number of halogens is 20. The largest absolute Gasteiger partial charge is 0.454 e. The molecule has 0 bridgehead atoms. The molecule has 2 atom stereocenters. The van der Waals surface area contributed by atoms with Crippen molar-refractivity contribution in [1.82, 2.24) is 0 Å². The van der Waals surface area contributed by atoms with Gasteiger partial charge in [-0.25, -0.2) is 0 Å². The molecule has 0 nitrogen and oxygen atoms in total. The van der Waals surface area contributed by atoms with Crippen LogP contribution in [0.2, 0.25) is 0 Å². The van der Waals surface area contributed by atoms with Crippen LogP contribution in [0.1, 0.15) is 58.1 Å². The van der Waals surface area contributed by atoms with Crippen molar-refractivity contribution >= 4 is 12.2 Å². The van der Waals surface area contributed by atoms with Gasteiger partial charge in [-0.2, -0.15) is 87.8 Å². The second-order valence-corrected chi connectivity index (χ2v) is 12.4. The summed E-state index contributed by atoms with van der Waals surface area (Å²) in [5, 5.41) is 0. The van der Waals surface area contributed by atoms with Crippen molar-refractivity contribution < 1.29 is 87.8 Å². The van der Waals surface area contributed by atoms with Crippen LogP contribution in [0.15, 0.2) is 60.7 Å². The first-order valence-corrected chi connectivity index (χ1v) is 14.5. The standard InChI is InChI=1S/C32H18F20/c33-25(34,29(41,42)43)23(26(35,36)30(44,45)46)11-12-24(27(37,38)31(47,48)49,28(39,40)32(50,51)52)22-14-20-17(9-10-18(20)13-21(22)23)8-7-16-6-5-15-3-1-2-4-19(15)16/h1-6,9-14,16-17H,7-8H2. The van der Waals surface area contributed by atoms with Gasteiger partial charge >= 0.3 is 48.4 Å². The summed E-state index contributed by atoms with van der Waals surface area (Å²) in [5.41, 5.74) is -20.3. The molecule has 0 spiro atoms. The Morgan fingerprint density at radius 2 is 0.769 bits per heavy atom. The van der Waals surface area contributed by atoms with E-state index in [0.717, 1.165) is 6.08 Å². The molecule has 0 saturated heterocycles. The normalized spacial score (nSPS) is 21.7. The predicted molar refractivity (Wildman–Crippen MR) is 142 cm³/mol. The van der Waals surface area contributed by atoms with Crippen molar-refractivity contribution in [3.8, 4) is 0 Å². The lowest BCUT2D eigenvalue weighted by molar-refractivity contribution is -0.383. The second kappa shape index (κ2) is 11.4. The molecule has 3 aliphatic rings. The molecule has 3 aliphatic carbocycles. The molecule has 0 amide bonds. The van der Waals surface area contributed by atoms with Gasteiger partial charge in [-0.15, -0.1) is 0 Å². The number of allylic oxidation sites excluding steroid dienone is 4. The van der Waals surface area contributed by atoms with E-state index in [2.05, 4.69) is 0 Å². The summed E-state index contributed by atoms with van der Waals surface area (Å²) in [6.45, 7) is 0. The van der Waals surface area contributed by atoms with E-state index >= 15 is 35.1 Å². The first-order valence-electron chi connectivity index (χ1n) is 14.5. The molecule has 286 valence electrons. The van der Waals surface area contributed by atoms with Gasteiger partial charge in [0.1, 0.15) is 0 Å². The van der Waals surface area contributed by atoms with Crippen molar-refractivity contribution in [3.63, 3.8) is 0 Å². The lowest BCUT2D eigenvalue weighted by Crippen LogP contribution is -2.72. The summed E-state index contributed by atoms with van der Waals surface area (Å²) in [5.74, 6) is -32.4. The third-order valence-electron chi connectivity index (χ3n) is 9.66. The van der Waals surface area contributed by atoms with E-state index in [0.29, 0.717) is 17.2 Å². The highest BCUT2D eigenvalue weighted by molar-refractivity contribution is 5.69. The Kier molecular flexibility index (Phi) is 8.64. The second-order valence-electron chi connectivity index (χ2n) is 12.4. The van der Waals surface area contributed by atoms with Crippen LogP contribution in [0.25, 0.3) is 12.2 Å². The molecular weight excluding hydrogens is 764 g/mol. The maximum Gasteiger partial charge on any atom is 0.454 e. The molecule has 0 saturated carbocycles. The summed E-state index contributed by atoms with van der Waals surface area (Å²) in [6.07, 6.45) is -30.1. The van der Waals surface area contributed by atoms with E-state index in [1.807, 2.05) is 0 Å². The summed E-state index contributed by atoms with van der Waals surface area (Å²) in [4.78, 5) is 0. The van der Waals surface area contributed by atoms with Crippen LogP contribution in [0, 0.1) is 0 Å². The minimum absolute atomic E-state index is 0.0241. The van der Waals surface area contributed by atoms with Crippen LogP contribution < -0.4 is 0 Å². The third-order valence-corrected chi connectivity index (χ3v) is 9.66. The van der Waals surface area contributed by atoms with Gasteiger partial charge in [-0.1, -0.05) is 66.8 Å². The van der Waals surface area contributed by atoms with Gasteiger partial charge in [0.2, 0.25) is 0 Å².